The highest BCUT2D eigenvalue weighted by atomic mass is 15.3. The summed E-state index contributed by atoms with van der Waals surface area (Å²) in [7, 11) is 0. The van der Waals surface area contributed by atoms with Crippen molar-refractivity contribution in [2.75, 3.05) is 0 Å². The number of nitrogens with two attached hydrogens (primary N) is 1. The zero-order valence-electron chi connectivity index (χ0n) is 13.3. The summed E-state index contributed by atoms with van der Waals surface area (Å²) in [6, 6.07) is 8.46. The van der Waals surface area contributed by atoms with Crippen molar-refractivity contribution in [2.24, 2.45) is 5.84 Å². The second kappa shape index (κ2) is 6.37. The topological polar surface area (TPSA) is 68.8 Å². The Morgan fingerprint density at radius 3 is 2.62 bits per heavy atom. The van der Waals surface area contributed by atoms with Crippen LogP contribution < -0.4 is 11.3 Å². The van der Waals surface area contributed by atoms with E-state index in [2.05, 4.69) is 67.5 Å². The number of aromatic nitrogens is 3. The molecule has 5 nitrogen and oxygen atoms in total. The van der Waals surface area contributed by atoms with E-state index in [1.165, 1.54) is 11.1 Å². The molecule has 1 heterocycles. The van der Waals surface area contributed by atoms with Crippen LogP contribution in [-0.4, -0.2) is 14.8 Å². The fourth-order valence-corrected chi connectivity index (χ4v) is 2.64. The van der Waals surface area contributed by atoms with Crippen LogP contribution in [0, 0.1) is 0 Å². The summed E-state index contributed by atoms with van der Waals surface area (Å²) in [6.45, 7) is 9.52. The molecule has 3 N–H and O–H groups in total. The zero-order chi connectivity index (χ0) is 15.5. The van der Waals surface area contributed by atoms with E-state index in [1.54, 1.807) is 6.33 Å². The molecule has 0 saturated carbocycles. The van der Waals surface area contributed by atoms with Gasteiger partial charge in [-0.05, 0) is 23.5 Å². The summed E-state index contributed by atoms with van der Waals surface area (Å²) in [5.74, 6) is 6.77. The third-order valence-electron chi connectivity index (χ3n) is 3.73. The molecule has 114 valence electrons. The molecule has 2 aromatic rings. The highest BCUT2D eigenvalue weighted by Gasteiger charge is 2.23. The van der Waals surface area contributed by atoms with Crippen LogP contribution in [0.15, 0.2) is 30.6 Å². The van der Waals surface area contributed by atoms with Crippen LogP contribution in [0.25, 0.3) is 0 Å². The van der Waals surface area contributed by atoms with Crippen LogP contribution in [0.5, 0.6) is 0 Å². The molecular weight excluding hydrogens is 262 g/mol. The van der Waals surface area contributed by atoms with Gasteiger partial charge in [-0.1, -0.05) is 45.0 Å². The van der Waals surface area contributed by atoms with E-state index in [0.717, 1.165) is 18.8 Å². The summed E-state index contributed by atoms with van der Waals surface area (Å²) < 4.78 is 1.91. The number of aryl methyl sites for hydroxylation is 1. The minimum absolute atomic E-state index is 0.0231. The zero-order valence-corrected chi connectivity index (χ0v) is 13.3. The molecule has 1 aromatic carbocycles. The van der Waals surface area contributed by atoms with Crippen molar-refractivity contribution >= 4 is 0 Å². The number of nitrogens with zero attached hydrogens (tertiary/aromatic N) is 3. The van der Waals surface area contributed by atoms with Gasteiger partial charge in [-0.2, -0.15) is 5.10 Å². The summed E-state index contributed by atoms with van der Waals surface area (Å²) in [6.07, 6.45) is 2.32. The fraction of sp³-hybridized carbons (Fsp3) is 0.500. The summed E-state index contributed by atoms with van der Waals surface area (Å²) >= 11 is 0. The van der Waals surface area contributed by atoms with Gasteiger partial charge in [0.2, 0.25) is 0 Å². The lowest BCUT2D eigenvalue weighted by atomic mass is 9.81. The Bertz CT molecular complexity index is 582. The third kappa shape index (κ3) is 3.49. The summed E-state index contributed by atoms with van der Waals surface area (Å²) in [4.78, 5) is 4.35. The maximum absolute atomic E-state index is 5.82. The molecule has 0 amide bonds. The molecular formula is C16H25N5. The lowest BCUT2D eigenvalue weighted by Crippen LogP contribution is -2.32. The molecule has 5 heteroatoms. The second-order valence-electron chi connectivity index (χ2n) is 6.25. The van der Waals surface area contributed by atoms with Crippen LogP contribution in [0.3, 0.4) is 0 Å². The van der Waals surface area contributed by atoms with Gasteiger partial charge in [-0.15, -0.1) is 0 Å². The van der Waals surface area contributed by atoms with E-state index < -0.39 is 0 Å². The average Bonchev–Trinajstić information content (AvgIpc) is 2.91. The SMILES string of the molecule is CCn1ncnc1CC(NN)c1ccccc1C(C)(C)C. The van der Waals surface area contributed by atoms with Crippen LogP contribution in [-0.2, 0) is 18.4 Å². The van der Waals surface area contributed by atoms with Crippen LogP contribution in [0.2, 0.25) is 0 Å². The van der Waals surface area contributed by atoms with E-state index in [1.807, 2.05) is 4.68 Å². The number of hydrogen-bond acceptors (Lipinski definition) is 4. The van der Waals surface area contributed by atoms with Gasteiger partial charge in [-0.3, -0.25) is 16.0 Å². The monoisotopic (exact) mass is 287 g/mol. The molecule has 1 atom stereocenters. The molecule has 0 aliphatic carbocycles. The first kappa shape index (κ1) is 15.7. The number of nitrogens with one attached hydrogen (secondary N) is 1. The maximum Gasteiger partial charge on any atom is 0.138 e. The first-order chi connectivity index (χ1) is 9.97. The molecule has 21 heavy (non-hydrogen) atoms. The quantitative estimate of drug-likeness (QED) is 0.654. The Morgan fingerprint density at radius 2 is 2.00 bits per heavy atom. The van der Waals surface area contributed by atoms with Gasteiger partial charge in [0.25, 0.3) is 0 Å². The molecule has 0 saturated heterocycles. The van der Waals surface area contributed by atoms with Crippen molar-refractivity contribution in [1.29, 1.82) is 0 Å². The number of benzene rings is 1. The van der Waals surface area contributed by atoms with Crippen LogP contribution in [0.4, 0.5) is 0 Å². The van der Waals surface area contributed by atoms with Crippen LogP contribution in [0.1, 0.15) is 50.7 Å². The van der Waals surface area contributed by atoms with Gasteiger partial charge in [0.15, 0.2) is 0 Å². The van der Waals surface area contributed by atoms with E-state index in [-0.39, 0.29) is 11.5 Å². The van der Waals surface area contributed by atoms with Crippen molar-refractivity contribution in [1.82, 2.24) is 20.2 Å². The molecule has 0 radical (unpaired) electrons. The molecule has 0 aliphatic heterocycles. The standard InChI is InChI=1S/C16H25N5/c1-5-21-15(18-11-19-21)10-14(20-17)12-8-6-7-9-13(12)16(2,3)4/h6-9,11,14,20H,5,10,17H2,1-4H3. The largest absolute Gasteiger partial charge is 0.271 e. The smallest absolute Gasteiger partial charge is 0.138 e. The van der Waals surface area contributed by atoms with Crippen LogP contribution >= 0.6 is 0 Å². The minimum Gasteiger partial charge on any atom is -0.271 e. The van der Waals surface area contributed by atoms with Crippen molar-refractivity contribution in [3.05, 3.63) is 47.5 Å². The van der Waals surface area contributed by atoms with E-state index in [0.29, 0.717) is 0 Å². The Balaban J connectivity index is 2.34. The van der Waals surface area contributed by atoms with E-state index in [9.17, 15) is 0 Å². The van der Waals surface area contributed by atoms with Crippen molar-refractivity contribution in [3.63, 3.8) is 0 Å². The number of hydrogen-bond donors (Lipinski definition) is 2. The van der Waals surface area contributed by atoms with Gasteiger partial charge in [0.1, 0.15) is 12.2 Å². The lowest BCUT2D eigenvalue weighted by molar-refractivity contribution is 0.492. The van der Waals surface area contributed by atoms with Crippen molar-refractivity contribution < 1.29 is 0 Å². The maximum atomic E-state index is 5.82. The molecule has 1 unspecified atom stereocenters. The molecule has 0 aliphatic rings. The molecule has 2 rings (SSSR count). The molecule has 0 spiro atoms. The Hall–Kier alpha value is -1.72. The number of rotatable bonds is 5. The highest BCUT2D eigenvalue weighted by Crippen LogP contribution is 2.30. The summed E-state index contributed by atoms with van der Waals surface area (Å²) in [5.41, 5.74) is 5.53. The van der Waals surface area contributed by atoms with Gasteiger partial charge in [0.05, 0.1) is 6.04 Å². The van der Waals surface area contributed by atoms with Crippen molar-refractivity contribution in [3.8, 4) is 0 Å². The van der Waals surface area contributed by atoms with E-state index in [4.69, 9.17) is 5.84 Å². The molecule has 0 fully saturated rings. The lowest BCUT2D eigenvalue weighted by Gasteiger charge is -2.27. The Kier molecular flexibility index (Phi) is 4.75. The average molecular weight is 287 g/mol. The van der Waals surface area contributed by atoms with Crippen molar-refractivity contribution in [2.45, 2.75) is 52.1 Å². The molecule has 0 bridgehead atoms. The van der Waals surface area contributed by atoms with Gasteiger partial charge >= 0.3 is 0 Å². The first-order valence-electron chi connectivity index (χ1n) is 7.39. The van der Waals surface area contributed by atoms with Gasteiger partial charge in [-0.25, -0.2) is 4.98 Å². The third-order valence-corrected chi connectivity index (χ3v) is 3.73. The van der Waals surface area contributed by atoms with Gasteiger partial charge in [0, 0.05) is 13.0 Å². The highest BCUT2D eigenvalue weighted by molar-refractivity contribution is 5.35. The predicted molar refractivity (Wildman–Crippen MR) is 84.6 cm³/mol. The predicted octanol–water partition coefficient (Wildman–Crippen LogP) is 2.34. The Labute approximate surface area is 126 Å². The second-order valence-corrected chi connectivity index (χ2v) is 6.25. The van der Waals surface area contributed by atoms with E-state index >= 15 is 0 Å². The summed E-state index contributed by atoms with van der Waals surface area (Å²) in [5, 5.41) is 4.22. The Morgan fingerprint density at radius 1 is 1.29 bits per heavy atom. The fourth-order valence-electron chi connectivity index (χ4n) is 2.64. The first-order valence-corrected chi connectivity index (χ1v) is 7.39. The number of hydrazine groups is 1. The van der Waals surface area contributed by atoms with Gasteiger partial charge < -0.3 is 0 Å². The minimum atomic E-state index is 0.0231. The molecule has 1 aromatic heterocycles. The normalized spacial score (nSPS) is 13.4.